The number of amides is 1. The zero-order chi connectivity index (χ0) is 25.1. The number of nitrogens with two attached hydrogens (primary N) is 1. The van der Waals surface area contributed by atoms with E-state index in [9.17, 15) is 4.79 Å². The van der Waals surface area contributed by atoms with Gasteiger partial charge in [-0.05, 0) is 37.3 Å². The van der Waals surface area contributed by atoms with Gasteiger partial charge in [0, 0.05) is 22.7 Å². The third-order valence-corrected chi connectivity index (χ3v) is 5.74. The molecule has 0 bridgehead atoms. The van der Waals surface area contributed by atoms with Crippen LogP contribution in [0.3, 0.4) is 0 Å². The van der Waals surface area contributed by atoms with E-state index < -0.39 is 11.9 Å². The summed E-state index contributed by atoms with van der Waals surface area (Å²) in [7, 11) is 0. The molecule has 2 aromatic carbocycles. The first-order valence-corrected chi connectivity index (χ1v) is 11.3. The van der Waals surface area contributed by atoms with Crippen LogP contribution in [0.4, 0.5) is 5.82 Å². The number of fused-ring (bicyclic) bond motifs is 1. The monoisotopic (exact) mass is 471 g/mol. The first-order chi connectivity index (χ1) is 17.5. The Balaban J connectivity index is 1.58. The predicted molar refractivity (Wildman–Crippen MR) is 137 cm³/mol. The highest BCUT2D eigenvalue weighted by Crippen LogP contribution is 2.32. The van der Waals surface area contributed by atoms with Crippen LogP contribution in [0, 0.1) is 11.3 Å². The molecule has 0 aliphatic heterocycles. The molecule has 0 aliphatic rings. The molecule has 0 radical (unpaired) electrons. The van der Waals surface area contributed by atoms with Crippen molar-refractivity contribution in [3.63, 3.8) is 0 Å². The number of carbonyl (C=O) groups excluding carboxylic acids is 1. The molecule has 0 saturated heterocycles. The number of nitrogens with one attached hydrogen (secondary N) is 1. The minimum atomic E-state index is -0.486. The maximum atomic E-state index is 13.3. The molecule has 0 spiro atoms. The number of pyridine rings is 2. The molecular formula is C28H21N7O. The number of hydrogen-bond donors (Lipinski definition) is 2. The van der Waals surface area contributed by atoms with Gasteiger partial charge in [0.15, 0.2) is 11.5 Å². The van der Waals surface area contributed by atoms with Gasteiger partial charge in [-0.25, -0.2) is 15.0 Å². The summed E-state index contributed by atoms with van der Waals surface area (Å²) in [6, 6.07) is 25.8. The quantitative estimate of drug-likeness (QED) is 0.380. The Labute approximate surface area is 207 Å². The first kappa shape index (κ1) is 22.6. The maximum absolute atomic E-state index is 13.3. The standard InChI is InChI=1S/C28H21N7O/c1-17(22-11-5-10-21(16-29)33-22)32-28(36)26-27(30)35-24(18-7-3-2-4-8-18)25(34-26)20-12-13-23-19(15-20)9-6-14-31-23/h2-15,17H,1H3,(H2,30,35)(H,32,36)/t17-/m1/s1. The molecule has 3 N–H and O–H groups in total. The number of hydrogen-bond acceptors (Lipinski definition) is 7. The molecule has 0 saturated carbocycles. The van der Waals surface area contributed by atoms with Gasteiger partial charge in [-0.1, -0.05) is 48.5 Å². The first-order valence-electron chi connectivity index (χ1n) is 11.3. The van der Waals surface area contributed by atoms with Gasteiger partial charge < -0.3 is 11.1 Å². The zero-order valence-electron chi connectivity index (χ0n) is 19.4. The lowest BCUT2D eigenvalue weighted by Gasteiger charge is -2.16. The Morgan fingerprint density at radius 2 is 1.72 bits per heavy atom. The van der Waals surface area contributed by atoms with Crippen molar-refractivity contribution >= 4 is 22.6 Å². The van der Waals surface area contributed by atoms with Gasteiger partial charge in [-0.3, -0.25) is 9.78 Å². The summed E-state index contributed by atoms with van der Waals surface area (Å²) in [4.78, 5) is 31.2. The molecule has 1 atom stereocenters. The highest BCUT2D eigenvalue weighted by molar-refractivity contribution is 5.98. The van der Waals surface area contributed by atoms with Gasteiger partial charge in [-0.15, -0.1) is 0 Å². The zero-order valence-corrected chi connectivity index (χ0v) is 19.4. The van der Waals surface area contributed by atoms with E-state index in [0.717, 1.165) is 22.0 Å². The summed E-state index contributed by atoms with van der Waals surface area (Å²) in [6.45, 7) is 1.78. The van der Waals surface area contributed by atoms with Crippen LogP contribution in [0.2, 0.25) is 0 Å². The van der Waals surface area contributed by atoms with Gasteiger partial charge in [-0.2, -0.15) is 5.26 Å². The van der Waals surface area contributed by atoms with Crippen LogP contribution in [0.15, 0.2) is 85.1 Å². The van der Waals surface area contributed by atoms with Gasteiger partial charge in [0.1, 0.15) is 11.8 Å². The molecule has 3 heterocycles. The minimum Gasteiger partial charge on any atom is -0.382 e. The highest BCUT2D eigenvalue weighted by atomic mass is 16.2. The van der Waals surface area contributed by atoms with E-state index in [4.69, 9.17) is 16.0 Å². The largest absolute Gasteiger partial charge is 0.382 e. The van der Waals surface area contributed by atoms with E-state index in [1.807, 2.05) is 66.7 Å². The molecule has 8 heteroatoms. The molecule has 5 aromatic rings. The molecule has 36 heavy (non-hydrogen) atoms. The number of benzene rings is 2. The number of nitriles is 1. The van der Waals surface area contributed by atoms with Crippen molar-refractivity contribution in [3.8, 4) is 28.6 Å². The van der Waals surface area contributed by atoms with Crippen molar-refractivity contribution in [2.24, 2.45) is 0 Å². The SMILES string of the molecule is C[C@@H](NC(=O)c1nc(-c2ccc3ncccc3c2)c(-c2ccccc2)nc1N)c1cccc(C#N)n1. The summed E-state index contributed by atoms with van der Waals surface area (Å²) < 4.78 is 0. The summed E-state index contributed by atoms with van der Waals surface area (Å²) in [5.74, 6) is -0.469. The average Bonchev–Trinajstić information content (AvgIpc) is 2.93. The van der Waals surface area contributed by atoms with Crippen molar-refractivity contribution in [1.29, 1.82) is 5.26 Å². The average molecular weight is 472 g/mol. The van der Waals surface area contributed by atoms with Gasteiger partial charge >= 0.3 is 0 Å². The van der Waals surface area contributed by atoms with E-state index in [0.29, 0.717) is 17.1 Å². The van der Waals surface area contributed by atoms with Crippen LogP contribution in [0.5, 0.6) is 0 Å². The van der Waals surface area contributed by atoms with Gasteiger partial charge in [0.2, 0.25) is 0 Å². The molecule has 0 unspecified atom stereocenters. The summed E-state index contributed by atoms with van der Waals surface area (Å²) in [6.07, 6.45) is 1.74. The number of nitrogen functional groups attached to an aromatic ring is 1. The molecule has 174 valence electrons. The van der Waals surface area contributed by atoms with E-state index in [1.165, 1.54) is 0 Å². The fraction of sp³-hybridized carbons (Fsp3) is 0.0714. The lowest BCUT2D eigenvalue weighted by Crippen LogP contribution is -2.29. The van der Waals surface area contributed by atoms with E-state index in [1.54, 1.807) is 31.3 Å². The Morgan fingerprint density at radius 3 is 2.53 bits per heavy atom. The van der Waals surface area contributed by atoms with Crippen LogP contribution in [-0.4, -0.2) is 25.8 Å². The van der Waals surface area contributed by atoms with Gasteiger partial charge in [0.05, 0.1) is 28.6 Å². The number of aromatic nitrogens is 4. The lowest BCUT2D eigenvalue weighted by molar-refractivity contribution is 0.0935. The Hall–Kier alpha value is -5.16. The maximum Gasteiger partial charge on any atom is 0.274 e. The van der Waals surface area contributed by atoms with Crippen molar-refractivity contribution < 1.29 is 4.79 Å². The fourth-order valence-corrected chi connectivity index (χ4v) is 3.93. The van der Waals surface area contributed by atoms with Crippen LogP contribution in [-0.2, 0) is 0 Å². The third kappa shape index (κ3) is 4.45. The van der Waals surface area contributed by atoms with Crippen molar-refractivity contribution in [1.82, 2.24) is 25.3 Å². The normalized spacial score (nSPS) is 11.6. The summed E-state index contributed by atoms with van der Waals surface area (Å²) in [5.41, 5.74) is 10.7. The summed E-state index contributed by atoms with van der Waals surface area (Å²) in [5, 5.41) is 12.9. The topological polar surface area (TPSA) is 130 Å². The van der Waals surface area contributed by atoms with Gasteiger partial charge in [0.25, 0.3) is 5.91 Å². The van der Waals surface area contributed by atoms with Crippen LogP contribution in [0.25, 0.3) is 33.4 Å². The Morgan fingerprint density at radius 1 is 0.917 bits per heavy atom. The second-order valence-electron chi connectivity index (χ2n) is 8.19. The lowest BCUT2D eigenvalue weighted by atomic mass is 10.0. The molecule has 1 amide bonds. The molecule has 8 nitrogen and oxygen atoms in total. The molecule has 3 aromatic heterocycles. The summed E-state index contributed by atoms with van der Waals surface area (Å²) >= 11 is 0. The second-order valence-corrected chi connectivity index (χ2v) is 8.19. The number of nitrogens with zero attached hydrogens (tertiary/aromatic N) is 5. The van der Waals surface area contributed by atoms with E-state index in [-0.39, 0.29) is 17.2 Å². The molecular weight excluding hydrogens is 450 g/mol. The Bertz CT molecular complexity index is 1630. The van der Waals surface area contributed by atoms with Crippen molar-refractivity contribution in [2.75, 3.05) is 5.73 Å². The number of rotatable bonds is 5. The Kier molecular flexibility index (Phi) is 6.03. The van der Waals surface area contributed by atoms with E-state index >= 15 is 0 Å². The molecule has 0 fully saturated rings. The molecule has 0 aliphatic carbocycles. The smallest absolute Gasteiger partial charge is 0.274 e. The second kappa shape index (κ2) is 9.60. The predicted octanol–water partition coefficient (Wildman–Crippen LogP) is 4.70. The number of anilines is 1. The van der Waals surface area contributed by atoms with E-state index in [2.05, 4.69) is 20.3 Å². The van der Waals surface area contributed by atoms with Crippen molar-refractivity contribution in [2.45, 2.75) is 13.0 Å². The molecule has 5 rings (SSSR count). The number of carbonyl (C=O) groups is 1. The van der Waals surface area contributed by atoms with Crippen molar-refractivity contribution in [3.05, 3.63) is 102 Å². The third-order valence-electron chi connectivity index (χ3n) is 5.74. The van der Waals surface area contributed by atoms with Crippen LogP contribution < -0.4 is 11.1 Å². The highest BCUT2D eigenvalue weighted by Gasteiger charge is 2.22. The fourth-order valence-electron chi connectivity index (χ4n) is 3.93. The van der Waals surface area contributed by atoms with Crippen LogP contribution in [0.1, 0.15) is 34.8 Å². The minimum absolute atomic E-state index is 0.0132. The van der Waals surface area contributed by atoms with Crippen LogP contribution >= 0.6 is 0 Å².